The minimum atomic E-state index is -4.65. The molecule has 0 radical (unpaired) electrons. The predicted octanol–water partition coefficient (Wildman–Crippen LogP) is 4.51. The number of hydrogen-bond donors (Lipinski definition) is 0. The van der Waals surface area contributed by atoms with Crippen LogP contribution in [0.2, 0.25) is 0 Å². The quantitative estimate of drug-likeness (QED) is 0.637. The van der Waals surface area contributed by atoms with Gasteiger partial charge in [-0.05, 0) is 37.0 Å². The molecule has 2 aromatic rings. The molecule has 1 aromatic heterocycles. The summed E-state index contributed by atoms with van der Waals surface area (Å²) < 4.78 is 59.0. The van der Waals surface area contributed by atoms with Crippen molar-refractivity contribution in [1.82, 2.24) is 9.36 Å². The number of hydrogen-bond acceptors (Lipinski definition) is 2. The summed E-state index contributed by atoms with van der Waals surface area (Å²) in [4.78, 5) is 16.9. The molecular weight excluding hydrogens is 402 g/mol. The first-order valence-corrected chi connectivity index (χ1v) is 9.70. The van der Waals surface area contributed by atoms with Gasteiger partial charge >= 0.3 is 12.5 Å². The van der Waals surface area contributed by atoms with Gasteiger partial charge in [-0.3, -0.25) is 14.2 Å². The minimum Gasteiger partial charge on any atom is -0.428 e. The Kier molecular flexibility index (Phi) is 5.84. The van der Waals surface area contributed by atoms with Crippen LogP contribution in [-0.4, -0.2) is 27.8 Å². The number of ether oxygens (including phenoxy) is 1. The van der Waals surface area contributed by atoms with Gasteiger partial charge in [0.2, 0.25) is 0 Å². The van der Waals surface area contributed by atoms with E-state index in [1.54, 1.807) is 0 Å². The van der Waals surface area contributed by atoms with Crippen molar-refractivity contribution in [2.24, 2.45) is 18.0 Å². The molecule has 1 saturated carbocycles. The SMILES string of the molecule is Cn1c(C(C)(C)C)cc(=NC(=O)c2cccc(OC(F)(F)C(F)F)c2)n1CC1CC1. The number of aromatic nitrogens is 2. The molecule has 0 bridgehead atoms. The van der Waals surface area contributed by atoms with Gasteiger partial charge in [0.15, 0.2) is 5.49 Å². The first-order valence-electron chi connectivity index (χ1n) is 9.70. The molecule has 9 heteroatoms. The number of alkyl halides is 4. The van der Waals surface area contributed by atoms with Crippen LogP contribution < -0.4 is 10.2 Å². The maximum atomic E-state index is 13.2. The van der Waals surface area contributed by atoms with Crippen molar-refractivity contribution in [3.05, 3.63) is 47.1 Å². The molecule has 1 aliphatic rings. The van der Waals surface area contributed by atoms with Gasteiger partial charge in [-0.2, -0.15) is 22.6 Å². The summed E-state index contributed by atoms with van der Waals surface area (Å²) in [5, 5.41) is 0. The lowest BCUT2D eigenvalue weighted by Crippen LogP contribution is -2.33. The van der Waals surface area contributed by atoms with Crippen molar-refractivity contribution < 1.29 is 27.1 Å². The molecule has 164 valence electrons. The normalized spacial score (nSPS) is 15.7. The highest BCUT2D eigenvalue weighted by atomic mass is 19.3. The van der Waals surface area contributed by atoms with Gasteiger partial charge < -0.3 is 4.74 Å². The lowest BCUT2D eigenvalue weighted by atomic mass is 9.92. The largest absolute Gasteiger partial charge is 0.461 e. The average Bonchev–Trinajstić information content (AvgIpc) is 3.40. The lowest BCUT2D eigenvalue weighted by molar-refractivity contribution is -0.253. The van der Waals surface area contributed by atoms with E-state index in [-0.39, 0.29) is 11.0 Å². The van der Waals surface area contributed by atoms with Crippen molar-refractivity contribution in [2.45, 2.75) is 58.1 Å². The zero-order valence-electron chi connectivity index (χ0n) is 17.3. The zero-order chi connectivity index (χ0) is 22.3. The summed E-state index contributed by atoms with van der Waals surface area (Å²) in [6.45, 7) is 6.89. The molecule has 0 N–H and O–H groups in total. The van der Waals surface area contributed by atoms with Crippen LogP contribution in [0.4, 0.5) is 17.6 Å². The molecule has 1 aromatic carbocycles. The van der Waals surface area contributed by atoms with Crippen LogP contribution in [0.5, 0.6) is 5.75 Å². The topological polar surface area (TPSA) is 48.5 Å². The van der Waals surface area contributed by atoms with Gasteiger partial charge in [0.05, 0.1) is 0 Å². The Labute approximate surface area is 172 Å². The highest BCUT2D eigenvalue weighted by Crippen LogP contribution is 2.31. The van der Waals surface area contributed by atoms with E-state index in [9.17, 15) is 22.4 Å². The smallest absolute Gasteiger partial charge is 0.428 e. The molecule has 1 aliphatic carbocycles. The van der Waals surface area contributed by atoms with Gasteiger partial charge in [-0.15, -0.1) is 0 Å². The second-order valence-electron chi connectivity index (χ2n) is 8.60. The molecule has 1 amide bonds. The fourth-order valence-electron chi connectivity index (χ4n) is 3.19. The van der Waals surface area contributed by atoms with E-state index < -0.39 is 24.2 Å². The number of halogens is 4. The van der Waals surface area contributed by atoms with Crippen LogP contribution in [0.1, 0.15) is 49.7 Å². The monoisotopic (exact) mass is 427 g/mol. The Hall–Kier alpha value is -2.58. The summed E-state index contributed by atoms with van der Waals surface area (Å²) in [5.41, 5.74) is 1.24. The van der Waals surface area contributed by atoms with E-state index >= 15 is 0 Å². The predicted molar refractivity (Wildman–Crippen MR) is 103 cm³/mol. The second-order valence-corrected chi connectivity index (χ2v) is 8.60. The van der Waals surface area contributed by atoms with Crippen LogP contribution in [0, 0.1) is 5.92 Å². The third kappa shape index (κ3) is 4.94. The van der Waals surface area contributed by atoms with Crippen LogP contribution in [0.3, 0.4) is 0 Å². The van der Waals surface area contributed by atoms with Crippen molar-refractivity contribution in [2.75, 3.05) is 0 Å². The maximum Gasteiger partial charge on any atom is 0.461 e. The van der Waals surface area contributed by atoms with E-state index in [0.717, 1.165) is 37.2 Å². The number of carbonyl (C=O) groups excluding carboxylic acids is 1. The molecule has 1 heterocycles. The molecule has 0 atom stereocenters. The lowest BCUT2D eigenvalue weighted by Gasteiger charge is -2.20. The van der Waals surface area contributed by atoms with E-state index in [2.05, 4.69) is 30.5 Å². The number of rotatable bonds is 6. The Bertz CT molecular complexity index is 998. The molecule has 0 saturated heterocycles. The second kappa shape index (κ2) is 7.92. The first-order chi connectivity index (χ1) is 13.9. The van der Waals surface area contributed by atoms with Gasteiger partial charge in [0, 0.05) is 36.3 Å². The summed E-state index contributed by atoms with van der Waals surface area (Å²) in [6.07, 6.45) is -6.39. The van der Waals surface area contributed by atoms with Crippen LogP contribution in [0.25, 0.3) is 0 Å². The Balaban J connectivity index is 1.95. The standard InChI is InChI=1S/C21H25F4N3O2/c1-20(2,3)16-11-17(28(27(16)4)12-13-8-9-13)26-18(29)14-6-5-7-15(10-14)30-21(24,25)19(22)23/h5-7,10-11,13,19H,8-9,12H2,1-4H3. The van der Waals surface area contributed by atoms with Crippen molar-refractivity contribution >= 4 is 5.91 Å². The Morgan fingerprint density at radius 3 is 2.47 bits per heavy atom. The molecule has 0 aliphatic heterocycles. The maximum absolute atomic E-state index is 13.2. The Morgan fingerprint density at radius 2 is 1.90 bits per heavy atom. The van der Waals surface area contributed by atoms with Gasteiger partial charge in [-0.1, -0.05) is 26.8 Å². The first kappa shape index (κ1) is 22.1. The molecule has 5 nitrogen and oxygen atoms in total. The summed E-state index contributed by atoms with van der Waals surface area (Å²) in [5.74, 6) is -0.666. The van der Waals surface area contributed by atoms with E-state index in [1.807, 2.05) is 22.5 Å². The number of amides is 1. The summed E-state index contributed by atoms with van der Waals surface area (Å²) in [7, 11) is 1.91. The minimum absolute atomic E-state index is 0.0308. The molecule has 3 rings (SSSR count). The summed E-state index contributed by atoms with van der Waals surface area (Å²) in [6, 6.07) is 6.56. The molecule has 1 fully saturated rings. The third-order valence-electron chi connectivity index (χ3n) is 4.94. The van der Waals surface area contributed by atoms with Crippen LogP contribution >= 0.6 is 0 Å². The highest BCUT2D eigenvalue weighted by Gasteiger charge is 2.44. The molecule has 0 unspecified atom stereocenters. The van der Waals surface area contributed by atoms with Crippen LogP contribution in [0.15, 0.2) is 35.3 Å². The van der Waals surface area contributed by atoms with E-state index in [0.29, 0.717) is 11.4 Å². The average molecular weight is 427 g/mol. The highest BCUT2D eigenvalue weighted by molar-refractivity contribution is 5.95. The zero-order valence-corrected chi connectivity index (χ0v) is 17.3. The van der Waals surface area contributed by atoms with Crippen LogP contribution in [-0.2, 0) is 19.0 Å². The van der Waals surface area contributed by atoms with E-state index in [1.165, 1.54) is 12.1 Å². The fraction of sp³-hybridized carbons (Fsp3) is 0.524. The van der Waals surface area contributed by atoms with E-state index in [4.69, 9.17) is 0 Å². The Morgan fingerprint density at radius 1 is 1.23 bits per heavy atom. The molecule has 30 heavy (non-hydrogen) atoms. The van der Waals surface area contributed by atoms with Gasteiger partial charge in [-0.25, -0.2) is 0 Å². The fourth-order valence-corrected chi connectivity index (χ4v) is 3.19. The van der Waals surface area contributed by atoms with Crippen molar-refractivity contribution in [3.8, 4) is 5.75 Å². The third-order valence-corrected chi connectivity index (χ3v) is 4.94. The number of benzene rings is 1. The number of nitrogens with zero attached hydrogens (tertiary/aromatic N) is 3. The van der Waals surface area contributed by atoms with Crippen molar-refractivity contribution in [3.63, 3.8) is 0 Å². The van der Waals surface area contributed by atoms with Gasteiger partial charge in [0.25, 0.3) is 5.91 Å². The molecular formula is C21H25F4N3O2. The number of carbonyl (C=O) groups is 1. The molecule has 0 spiro atoms. The summed E-state index contributed by atoms with van der Waals surface area (Å²) >= 11 is 0. The van der Waals surface area contributed by atoms with Gasteiger partial charge in [0.1, 0.15) is 5.75 Å². The van der Waals surface area contributed by atoms with Crippen molar-refractivity contribution in [1.29, 1.82) is 0 Å².